The van der Waals surface area contributed by atoms with E-state index in [0.717, 1.165) is 9.99 Å². The van der Waals surface area contributed by atoms with Gasteiger partial charge in [-0.3, -0.25) is 4.79 Å². The van der Waals surface area contributed by atoms with Gasteiger partial charge in [0.2, 0.25) is 0 Å². The minimum absolute atomic E-state index is 0.247. The van der Waals surface area contributed by atoms with Gasteiger partial charge in [0.1, 0.15) is 5.69 Å². The third-order valence-corrected chi connectivity index (χ3v) is 3.60. The number of halogens is 1. The standard InChI is InChI=1S/C14H10BrN3O/c15-9-5-3-4-8(12(9)16)13-14(19)18-11-7-2-1-6-10(11)17-13/h1-7H,16H2,(H,18,19). The van der Waals surface area contributed by atoms with Crippen molar-refractivity contribution in [3.8, 4) is 11.3 Å². The molecule has 0 aliphatic carbocycles. The molecule has 3 rings (SSSR count). The molecule has 5 heteroatoms. The number of aromatic nitrogens is 2. The van der Waals surface area contributed by atoms with Crippen molar-refractivity contribution in [2.24, 2.45) is 0 Å². The maximum Gasteiger partial charge on any atom is 0.275 e. The van der Waals surface area contributed by atoms with Crippen molar-refractivity contribution >= 4 is 32.7 Å². The smallest absolute Gasteiger partial charge is 0.275 e. The van der Waals surface area contributed by atoms with Gasteiger partial charge in [0, 0.05) is 10.0 Å². The zero-order chi connectivity index (χ0) is 13.4. The van der Waals surface area contributed by atoms with Crippen LogP contribution in [0.5, 0.6) is 0 Å². The highest BCUT2D eigenvalue weighted by molar-refractivity contribution is 9.10. The molecule has 2 aromatic carbocycles. The zero-order valence-corrected chi connectivity index (χ0v) is 11.4. The van der Waals surface area contributed by atoms with Crippen LogP contribution >= 0.6 is 15.9 Å². The van der Waals surface area contributed by atoms with Gasteiger partial charge in [0.05, 0.1) is 16.7 Å². The summed E-state index contributed by atoms with van der Waals surface area (Å²) in [5, 5.41) is 0. The summed E-state index contributed by atoms with van der Waals surface area (Å²) >= 11 is 3.35. The monoisotopic (exact) mass is 315 g/mol. The zero-order valence-electron chi connectivity index (χ0n) is 9.85. The summed E-state index contributed by atoms with van der Waals surface area (Å²) in [5.41, 5.74) is 8.65. The summed E-state index contributed by atoms with van der Waals surface area (Å²) in [5.74, 6) is 0. The Morgan fingerprint density at radius 2 is 1.89 bits per heavy atom. The maximum atomic E-state index is 12.1. The van der Waals surface area contributed by atoms with E-state index < -0.39 is 0 Å². The van der Waals surface area contributed by atoms with Gasteiger partial charge in [-0.2, -0.15) is 0 Å². The first-order valence-electron chi connectivity index (χ1n) is 5.70. The molecule has 1 aromatic heterocycles. The van der Waals surface area contributed by atoms with Gasteiger partial charge in [-0.1, -0.05) is 24.3 Å². The summed E-state index contributed by atoms with van der Waals surface area (Å²) < 4.78 is 0.749. The third kappa shape index (κ3) is 2.02. The molecule has 0 aliphatic heterocycles. The van der Waals surface area contributed by atoms with Crippen LogP contribution < -0.4 is 11.3 Å². The third-order valence-electron chi connectivity index (χ3n) is 2.91. The van der Waals surface area contributed by atoms with Gasteiger partial charge >= 0.3 is 0 Å². The Balaban J connectivity index is 2.34. The molecule has 0 fully saturated rings. The molecular formula is C14H10BrN3O. The fourth-order valence-electron chi connectivity index (χ4n) is 1.96. The quantitative estimate of drug-likeness (QED) is 0.678. The van der Waals surface area contributed by atoms with Crippen molar-refractivity contribution in [1.29, 1.82) is 0 Å². The van der Waals surface area contributed by atoms with Crippen molar-refractivity contribution in [2.75, 3.05) is 5.73 Å². The van der Waals surface area contributed by atoms with E-state index in [-0.39, 0.29) is 5.56 Å². The van der Waals surface area contributed by atoms with E-state index in [0.29, 0.717) is 22.5 Å². The van der Waals surface area contributed by atoms with Crippen LogP contribution in [0.2, 0.25) is 0 Å². The van der Waals surface area contributed by atoms with Crippen LogP contribution in [-0.4, -0.2) is 9.97 Å². The van der Waals surface area contributed by atoms with Crippen LogP contribution in [0.4, 0.5) is 5.69 Å². The Morgan fingerprint density at radius 1 is 1.11 bits per heavy atom. The van der Waals surface area contributed by atoms with Crippen molar-refractivity contribution in [3.63, 3.8) is 0 Å². The van der Waals surface area contributed by atoms with E-state index in [1.165, 1.54) is 0 Å². The van der Waals surface area contributed by atoms with Crippen LogP contribution in [0.15, 0.2) is 51.7 Å². The summed E-state index contributed by atoms with van der Waals surface area (Å²) in [4.78, 5) is 19.3. The number of hydrogen-bond acceptors (Lipinski definition) is 3. The average molecular weight is 316 g/mol. The summed E-state index contributed by atoms with van der Waals surface area (Å²) in [6, 6.07) is 12.8. The lowest BCUT2D eigenvalue weighted by Gasteiger charge is -2.07. The molecular weight excluding hydrogens is 306 g/mol. The number of benzene rings is 2. The van der Waals surface area contributed by atoms with Crippen LogP contribution in [0, 0.1) is 0 Å². The lowest BCUT2D eigenvalue weighted by molar-refractivity contribution is 1.22. The van der Waals surface area contributed by atoms with Crippen molar-refractivity contribution in [2.45, 2.75) is 0 Å². The van der Waals surface area contributed by atoms with Crippen LogP contribution in [0.25, 0.3) is 22.3 Å². The molecule has 0 bridgehead atoms. The minimum Gasteiger partial charge on any atom is -0.397 e. The Kier molecular flexibility index (Phi) is 2.83. The summed E-state index contributed by atoms with van der Waals surface area (Å²) in [6.07, 6.45) is 0. The van der Waals surface area contributed by atoms with E-state index in [4.69, 9.17) is 5.73 Å². The minimum atomic E-state index is -0.247. The van der Waals surface area contributed by atoms with Gasteiger partial charge < -0.3 is 10.7 Å². The highest BCUT2D eigenvalue weighted by Crippen LogP contribution is 2.29. The number of anilines is 1. The van der Waals surface area contributed by atoms with Gasteiger partial charge in [-0.05, 0) is 34.1 Å². The van der Waals surface area contributed by atoms with Gasteiger partial charge in [0.25, 0.3) is 5.56 Å². The Hall–Kier alpha value is -2.14. The molecule has 0 saturated carbocycles. The molecule has 0 radical (unpaired) electrons. The largest absolute Gasteiger partial charge is 0.397 e. The molecule has 0 aliphatic rings. The average Bonchev–Trinajstić information content (AvgIpc) is 2.41. The highest BCUT2D eigenvalue weighted by atomic mass is 79.9. The molecule has 0 spiro atoms. The van der Waals surface area contributed by atoms with E-state index in [2.05, 4.69) is 25.9 Å². The number of para-hydroxylation sites is 3. The predicted molar refractivity (Wildman–Crippen MR) is 79.9 cm³/mol. The fraction of sp³-hybridized carbons (Fsp3) is 0. The second-order valence-electron chi connectivity index (χ2n) is 4.13. The first-order chi connectivity index (χ1) is 9.16. The molecule has 0 amide bonds. The molecule has 0 saturated heterocycles. The second-order valence-corrected chi connectivity index (χ2v) is 4.99. The van der Waals surface area contributed by atoms with Crippen LogP contribution in [0.3, 0.4) is 0 Å². The van der Waals surface area contributed by atoms with Gasteiger partial charge in [-0.25, -0.2) is 4.98 Å². The number of rotatable bonds is 1. The molecule has 3 aromatic rings. The lowest BCUT2D eigenvalue weighted by atomic mass is 10.1. The Bertz CT molecular complexity index is 826. The van der Waals surface area contributed by atoms with E-state index in [1.54, 1.807) is 6.07 Å². The molecule has 0 unspecified atom stereocenters. The van der Waals surface area contributed by atoms with Crippen LogP contribution in [0.1, 0.15) is 0 Å². The number of nitrogens with two attached hydrogens (primary N) is 1. The van der Waals surface area contributed by atoms with E-state index >= 15 is 0 Å². The van der Waals surface area contributed by atoms with Crippen molar-refractivity contribution in [1.82, 2.24) is 9.97 Å². The van der Waals surface area contributed by atoms with Crippen LogP contribution in [-0.2, 0) is 0 Å². The SMILES string of the molecule is Nc1c(Br)cccc1-c1nc2ccccc2[nH]c1=O. The Labute approximate surface area is 117 Å². The van der Waals surface area contributed by atoms with Gasteiger partial charge in [0.15, 0.2) is 0 Å². The number of nitrogen functional groups attached to an aromatic ring is 1. The number of nitrogens with zero attached hydrogens (tertiary/aromatic N) is 1. The Morgan fingerprint density at radius 3 is 2.74 bits per heavy atom. The number of nitrogens with one attached hydrogen (secondary N) is 1. The maximum absolute atomic E-state index is 12.1. The number of fused-ring (bicyclic) bond motifs is 1. The normalized spacial score (nSPS) is 10.8. The predicted octanol–water partition coefficient (Wildman–Crippen LogP) is 2.93. The number of aromatic amines is 1. The topological polar surface area (TPSA) is 71.8 Å². The molecule has 94 valence electrons. The second kappa shape index (κ2) is 4.51. The molecule has 1 heterocycles. The van der Waals surface area contributed by atoms with E-state index in [9.17, 15) is 4.79 Å². The molecule has 4 nitrogen and oxygen atoms in total. The number of H-pyrrole nitrogens is 1. The molecule has 3 N–H and O–H groups in total. The lowest BCUT2D eigenvalue weighted by Crippen LogP contribution is -2.12. The van der Waals surface area contributed by atoms with Crippen molar-refractivity contribution in [3.05, 3.63) is 57.3 Å². The fourth-order valence-corrected chi connectivity index (χ4v) is 2.32. The first kappa shape index (κ1) is 11.9. The van der Waals surface area contributed by atoms with Gasteiger partial charge in [-0.15, -0.1) is 0 Å². The number of hydrogen-bond donors (Lipinski definition) is 2. The molecule has 0 atom stereocenters. The van der Waals surface area contributed by atoms with E-state index in [1.807, 2.05) is 36.4 Å². The first-order valence-corrected chi connectivity index (χ1v) is 6.49. The molecule has 19 heavy (non-hydrogen) atoms. The highest BCUT2D eigenvalue weighted by Gasteiger charge is 2.11. The summed E-state index contributed by atoms with van der Waals surface area (Å²) in [6.45, 7) is 0. The summed E-state index contributed by atoms with van der Waals surface area (Å²) in [7, 11) is 0. The van der Waals surface area contributed by atoms with Crippen molar-refractivity contribution < 1.29 is 0 Å².